The van der Waals surface area contributed by atoms with Crippen molar-refractivity contribution in [2.75, 3.05) is 26.2 Å². The van der Waals surface area contributed by atoms with Crippen molar-refractivity contribution in [2.24, 2.45) is 5.73 Å². The molecule has 1 amide bonds. The van der Waals surface area contributed by atoms with Crippen LogP contribution in [0, 0.1) is 0 Å². The molecule has 3 aromatic heterocycles. The van der Waals surface area contributed by atoms with E-state index >= 15 is 0 Å². The molecule has 2 fully saturated rings. The van der Waals surface area contributed by atoms with Crippen molar-refractivity contribution in [1.29, 1.82) is 0 Å². The summed E-state index contributed by atoms with van der Waals surface area (Å²) in [5, 5.41) is 14.4. The summed E-state index contributed by atoms with van der Waals surface area (Å²) in [6.07, 6.45) is 3.22. The number of nitrogens with two attached hydrogens (primary N) is 1. The molecule has 3 aromatic rings. The SMILES string of the molecule is CC(C)(O)c1cc2nc(C3CCN(C4CCNCC4)CC3)cn2cc1-c1ccc(C(F)(F)F)nc1C(N)=O.Cl. The van der Waals surface area contributed by atoms with Crippen molar-refractivity contribution in [3.05, 3.63) is 53.2 Å². The van der Waals surface area contributed by atoms with Crippen LogP contribution in [0.5, 0.6) is 0 Å². The van der Waals surface area contributed by atoms with Crippen LogP contribution in [0.3, 0.4) is 0 Å². The molecule has 8 nitrogen and oxygen atoms in total. The van der Waals surface area contributed by atoms with Crippen molar-refractivity contribution in [2.45, 2.75) is 63.3 Å². The minimum absolute atomic E-state index is 0. The molecular weight excluding hydrogens is 533 g/mol. The van der Waals surface area contributed by atoms with Crippen LogP contribution in [-0.2, 0) is 11.8 Å². The van der Waals surface area contributed by atoms with Crippen LogP contribution in [0.1, 0.15) is 72.9 Å². The molecule has 5 heterocycles. The van der Waals surface area contributed by atoms with Crippen LogP contribution >= 0.6 is 12.4 Å². The highest BCUT2D eigenvalue weighted by Gasteiger charge is 2.35. The van der Waals surface area contributed by atoms with Crippen LogP contribution in [0.2, 0.25) is 0 Å². The van der Waals surface area contributed by atoms with Crippen molar-refractivity contribution < 1.29 is 23.1 Å². The standard InChI is InChI=1S/C27H33F3N6O2.ClH/c1-26(2,38)20-13-23-33-21(16-7-11-35(12-8-16)17-5-9-32-10-6-17)15-36(23)14-19(20)18-3-4-22(27(28,29)30)34-24(18)25(31)37;/h3-4,13-17,32,38H,5-12H2,1-2H3,(H2,31,37);1H. The monoisotopic (exact) mass is 566 g/mol. The fourth-order valence-corrected chi connectivity index (χ4v) is 5.73. The van der Waals surface area contributed by atoms with Crippen LogP contribution in [0.15, 0.2) is 30.6 Å². The Morgan fingerprint density at radius 1 is 1.05 bits per heavy atom. The molecule has 0 saturated carbocycles. The van der Waals surface area contributed by atoms with Crippen LogP contribution < -0.4 is 11.1 Å². The minimum Gasteiger partial charge on any atom is -0.386 e. The molecule has 2 aliphatic heterocycles. The predicted molar refractivity (Wildman–Crippen MR) is 144 cm³/mol. The number of rotatable bonds is 5. The van der Waals surface area contributed by atoms with Crippen LogP contribution in [-0.4, -0.2) is 62.5 Å². The summed E-state index contributed by atoms with van der Waals surface area (Å²) in [6.45, 7) is 7.31. The van der Waals surface area contributed by atoms with E-state index < -0.39 is 29.1 Å². The lowest BCUT2D eigenvalue weighted by Crippen LogP contribution is -2.46. The Hall–Kier alpha value is -2.73. The van der Waals surface area contributed by atoms with Gasteiger partial charge in [-0.05, 0) is 89.5 Å². The second-order valence-corrected chi connectivity index (χ2v) is 10.8. The van der Waals surface area contributed by atoms with Crippen molar-refractivity contribution in [1.82, 2.24) is 24.6 Å². The number of imidazole rings is 1. The maximum Gasteiger partial charge on any atom is 0.433 e. The number of pyridine rings is 2. The number of amides is 1. The van der Waals surface area contributed by atoms with Gasteiger partial charge in [-0.15, -0.1) is 12.4 Å². The Kier molecular flexibility index (Phi) is 8.28. The summed E-state index contributed by atoms with van der Waals surface area (Å²) in [5.41, 5.74) is 4.81. The Labute approximate surface area is 231 Å². The predicted octanol–water partition coefficient (Wildman–Crippen LogP) is 4.09. The van der Waals surface area contributed by atoms with E-state index in [-0.39, 0.29) is 23.9 Å². The van der Waals surface area contributed by atoms with Gasteiger partial charge in [0.15, 0.2) is 0 Å². The number of halogens is 4. The largest absolute Gasteiger partial charge is 0.433 e. The molecular formula is C27H34ClF3N6O2. The van der Waals surface area contributed by atoms with Crippen molar-refractivity contribution in [3.8, 4) is 11.1 Å². The molecule has 0 aromatic carbocycles. The fraction of sp³-hybridized carbons (Fsp3) is 0.519. The number of primary amides is 1. The molecule has 12 heteroatoms. The number of aromatic nitrogens is 3. The zero-order valence-electron chi connectivity index (χ0n) is 22.0. The van der Waals surface area contributed by atoms with Gasteiger partial charge >= 0.3 is 6.18 Å². The van der Waals surface area contributed by atoms with Crippen LogP contribution in [0.25, 0.3) is 16.8 Å². The molecule has 0 spiro atoms. The van der Waals surface area contributed by atoms with Gasteiger partial charge in [0.2, 0.25) is 0 Å². The number of alkyl halides is 3. The molecule has 4 N–H and O–H groups in total. The number of nitrogens with one attached hydrogen (secondary N) is 1. The number of aliphatic hydroxyl groups is 1. The number of hydrogen-bond acceptors (Lipinski definition) is 6. The number of likely N-dealkylation sites (tertiary alicyclic amines) is 1. The normalized spacial score (nSPS) is 18.3. The molecule has 5 rings (SSSR count). The molecule has 0 unspecified atom stereocenters. The first-order chi connectivity index (χ1) is 17.9. The third kappa shape index (κ3) is 6.06. The van der Waals surface area contributed by atoms with E-state index in [1.54, 1.807) is 30.5 Å². The van der Waals surface area contributed by atoms with E-state index in [2.05, 4.69) is 15.2 Å². The Morgan fingerprint density at radius 2 is 1.72 bits per heavy atom. The van der Waals surface area contributed by atoms with E-state index in [1.807, 2.05) is 6.20 Å². The van der Waals surface area contributed by atoms with Crippen molar-refractivity contribution >= 4 is 24.0 Å². The molecule has 212 valence electrons. The summed E-state index contributed by atoms with van der Waals surface area (Å²) in [6, 6.07) is 4.34. The van der Waals surface area contributed by atoms with Gasteiger partial charge in [0.05, 0.1) is 11.3 Å². The first-order valence-corrected chi connectivity index (χ1v) is 13.0. The number of carbonyl (C=O) groups is 1. The number of nitrogens with zero attached hydrogens (tertiary/aromatic N) is 4. The van der Waals surface area contributed by atoms with Gasteiger partial charge in [0.25, 0.3) is 5.91 Å². The Bertz CT molecular complexity index is 1340. The second kappa shape index (κ2) is 11.0. The van der Waals surface area contributed by atoms with Gasteiger partial charge in [-0.2, -0.15) is 13.2 Å². The molecule has 39 heavy (non-hydrogen) atoms. The van der Waals surface area contributed by atoms with Gasteiger partial charge in [-0.1, -0.05) is 0 Å². The average Bonchev–Trinajstić information content (AvgIpc) is 3.30. The topological polar surface area (TPSA) is 109 Å². The lowest BCUT2D eigenvalue weighted by Gasteiger charge is -2.39. The fourth-order valence-electron chi connectivity index (χ4n) is 5.73. The van der Waals surface area contributed by atoms with E-state index in [4.69, 9.17) is 10.7 Å². The molecule has 2 saturated heterocycles. The molecule has 2 aliphatic rings. The summed E-state index contributed by atoms with van der Waals surface area (Å²) < 4.78 is 41.6. The first-order valence-electron chi connectivity index (χ1n) is 13.0. The number of fused-ring (bicyclic) bond motifs is 1. The van der Waals surface area contributed by atoms with Crippen LogP contribution in [0.4, 0.5) is 13.2 Å². The Morgan fingerprint density at radius 3 is 2.31 bits per heavy atom. The van der Waals surface area contributed by atoms with E-state index in [9.17, 15) is 23.1 Å². The van der Waals surface area contributed by atoms with Gasteiger partial charge in [-0.3, -0.25) is 4.79 Å². The molecule has 0 bridgehead atoms. The highest BCUT2D eigenvalue weighted by Crippen LogP contribution is 2.37. The first kappa shape index (κ1) is 29.3. The number of piperidine rings is 2. The summed E-state index contributed by atoms with van der Waals surface area (Å²) >= 11 is 0. The lowest BCUT2D eigenvalue weighted by molar-refractivity contribution is -0.141. The smallest absolute Gasteiger partial charge is 0.386 e. The Balaban J connectivity index is 0.00000353. The maximum atomic E-state index is 13.3. The summed E-state index contributed by atoms with van der Waals surface area (Å²) in [7, 11) is 0. The van der Waals surface area contributed by atoms with Gasteiger partial charge in [0, 0.05) is 35.5 Å². The molecule has 0 radical (unpaired) electrons. The second-order valence-electron chi connectivity index (χ2n) is 10.8. The molecule has 0 atom stereocenters. The lowest BCUT2D eigenvalue weighted by atomic mass is 9.90. The third-order valence-electron chi connectivity index (χ3n) is 7.75. The zero-order chi connectivity index (χ0) is 27.2. The van der Waals surface area contributed by atoms with E-state index in [0.717, 1.165) is 50.8 Å². The molecule has 0 aliphatic carbocycles. The van der Waals surface area contributed by atoms with Gasteiger partial charge in [0.1, 0.15) is 17.0 Å². The van der Waals surface area contributed by atoms with E-state index in [1.165, 1.54) is 18.9 Å². The zero-order valence-corrected chi connectivity index (χ0v) is 22.8. The average molecular weight is 567 g/mol. The van der Waals surface area contributed by atoms with E-state index in [0.29, 0.717) is 22.8 Å². The number of hydrogen-bond donors (Lipinski definition) is 3. The quantitative estimate of drug-likeness (QED) is 0.429. The summed E-state index contributed by atoms with van der Waals surface area (Å²) in [5.74, 6) is -0.796. The van der Waals surface area contributed by atoms with Gasteiger partial charge in [-0.25, -0.2) is 9.97 Å². The van der Waals surface area contributed by atoms with Gasteiger partial charge < -0.3 is 25.5 Å². The highest BCUT2D eigenvalue weighted by atomic mass is 35.5. The van der Waals surface area contributed by atoms with Crippen molar-refractivity contribution in [3.63, 3.8) is 0 Å². The minimum atomic E-state index is -4.73. The highest BCUT2D eigenvalue weighted by molar-refractivity contribution is 5.98. The maximum absolute atomic E-state index is 13.3. The summed E-state index contributed by atoms with van der Waals surface area (Å²) in [4.78, 5) is 23.1. The number of carbonyl (C=O) groups excluding carboxylic acids is 1. The third-order valence-corrected chi connectivity index (χ3v) is 7.75.